The van der Waals surface area contributed by atoms with Gasteiger partial charge in [-0.1, -0.05) is 6.07 Å². The van der Waals surface area contributed by atoms with E-state index in [1.807, 2.05) is 0 Å². The molecule has 0 unspecified atom stereocenters. The molecule has 1 aromatic heterocycles. The number of hydrogen-bond acceptors (Lipinski definition) is 6. The van der Waals surface area contributed by atoms with E-state index in [1.54, 1.807) is 11.0 Å². The first-order valence-electron chi connectivity index (χ1n) is 6.38. The lowest BCUT2D eigenvalue weighted by Gasteiger charge is -2.18. The highest BCUT2D eigenvalue weighted by Crippen LogP contribution is 2.17. The largest absolute Gasteiger partial charge is 0.468 e. The van der Waals surface area contributed by atoms with Crippen molar-refractivity contribution in [2.24, 2.45) is 4.99 Å². The van der Waals surface area contributed by atoms with Gasteiger partial charge in [-0.3, -0.25) is 15.1 Å². The number of pyridine rings is 1. The van der Waals surface area contributed by atoms with Gasteiger partial charge in [-0.15, -0.1) is 0 Å². The lowest BCUT2D eigenvalue weighted by atomic mass is 10.2. The van der Waals surface area contributed by atoms with Crippen LogP contribution in [0.2, 0.25) is 0 Å². The highest BCUT2D eigenvalue weighted by atomic mass is 19.4. The maximum absolute atomic E-state index is 12.0. The molecule has 0 amide bonds. The summed E-state index contributed by atoms with van der Waals surface area (Å²) in [5.41, 5.74) is 0.706. The first kappa shape index (κ1) is 16.0. The van der Waals surface area contributed by atoms with Crippen molar-refractivity contribution in [3.05, 3.63) is 34.0 Å². The van der Waals surface area contributed by atoms with E-state index in [9.17, 15) is 23.3 Å². The van der Waals surface area contributed by atoms with Crippen molar-refractivity contribution in [3.63, 3.8) is 0 Å². The fourth-order valence-electron chi connectivity index (χ4n) is 1.93. The number of ether oxygens (including phenoxy) is 1. The van der Waals surface area contributed by atoms with E-state index in [2.05, 4.69) is 14.7 Å². The number of alkyl halides is 3. The summed E-state index contributed by atoms with van der Waals surface area (Å²) in [6.07, 6.45) is -3.03. The molecule has 0 saturated carbocycles. The summed E-state index contributed by atoms with van der Waals surface area (Å²) < 4.78 is 40.5. The molecule has 0 N–H and O–H groups in total. The summed E-state index contributed by atoms with van der Waals surface area (Å²) in [4.78, 5) is 19.7. The van der Waals surface area contributed by atoms with Crippen molar-refractivity contribution >= 4 is 5.84 Å². The van der Waals surface area contributed by atoms with Crippen LogP contribution in [0, 0.1) is 10.1 Å². The van der Waals surface area contributed by atoms with E-state index in [0.29, 0.717) is 31.0 Å². The quantitative estimate of drug-likeness (QED) is 0.587. The van der Waals surface area contributed by atoms with Crippen LogP contribution in [0.5, 0.6) is 5.88 Å². The average molecular weight is 318 g/mol. The first-order chi connectivity index (χ1) is 10.3. The highest BCUT2D eigenvalue weighted by molar-refractivity contribution is 5.84. The van der Waals surface area contributed by atoms with Gasteiger partial charge in [0.2, 0.25) is 5.88 Å². The Hall–Kier alpha value is -2.39. The highest BCUT2D eigenvalue weighted by Gasteiger charge is 2.28. The van der Waals surface area contributed by atoms with Gasteiger partial charge in [0.1, 0.15) is 0 Å². The molecule has 1 aliphatic rings. The maximum atomic E-state index is 12.0. The van der Waals surface area contributed by atoms with Crippen molar-refractivity contribution in [1.29, 1.82) is 0 Å². The molecule has 2 heterocycles. The zero-order valence-electron chi connectivity index (χ0n) is 11.4. The van der Waals surface area contributed by atoms with Crippen LogP contribution in [0.15, 0.2) is 23.3 Å². The molecule has 1 aliphatic heterocycles. The van der Waals surface area contributed by atoms with Crippen molar-refractivity contribution in [2.45, 2.75) is 12.7 Å². The minimum atomic E-state index is -4.41. The lowest BCUT2D eigenvalue weighted by molar-refractivity contribution is -0.464. The molecule has 1 aromatic rings. The Kier molecular flexibility index (Phi) is 4.78. The van der Waals surface area contributed by atoms with E-state index < -0.39 is 17.7 Å². The molecule has 0 bridgehead atoms. The predicted octanol–water partition coefficient (Wildman–Crippen LogP) is 1.51. The monoisotopic (exact) mass is 318 g/mol. The van der Waals surface area contributed by atoms with E-state index in [0.717, 1.165) is 0 Å². The second-order valence-electron chi connectivity index (χ2n) is 4.62. The number of rotatable bonds is 6. The summed E-state index contributed by atoms with van der Waals surface area (Å²) in [6.45, 7) is -0.330. The molecule has 0 fully saturated rings. The molecule has 0 atom stereocenters. The molecular formula is C12H13F3N4O3. The third-order valence-electron chi connectivity index (χ3n) is 2.85. The minimum absolute atomic E-state index is 0.123. The second kappa shape index (κ2) is 6.58. The zero-order valence-corrected chi connectivity index (χ0v) is 11.4. The van der Waals surface area contributed by atoms with Crippen LogP contribution >= 0.6 is 0 Å². The van der Waals surface area contributed by atoms with Gasteiger partial charge in [-0.05, 0) is 5.56 Å². The van der Waals surface area contributed by atoms with Crippen LogP contribution in [-0.2, 0) is 6.54 Å². The zero-order chi connectivity index (χ0) is 16.2. The summed E-state index contributed by atoms with van der Waals surface area (Å²) in [7, 11) is 0. The Morgan fingerprint density at radius 3 is 2.77 bits per heavy atom. The fourth-order valence-corrected chi connectivity index (χ4v) is 1.93. The number of hydrogen-bond donors (Lipinski definition) is 0. The van der Waals surface area contributed by atoms with Crippen molar-refractivity contribution in [3.8, 4) is 5.88 Å². The SMILES string of the molecule is O=[N+]([O-])CC1=NCCN1Cc1ccc(OCC(F)(F)F)nc1. The third kappa shape index (κ3) is 4.86. The Balaban J connectivity index is 1.91. The van der Waals surface area contributed by atoms with Gasteiger partial charge in [-0.2, -0.15) is 13.2 Å². The van der Waals surface area contributed by atoms with Gasteiger partial charge >= 0.3 is 6.18 Å². The van der Waals surface area contributed by atoms with E-state index >= 15 is 0 Å². The smallest absolute Gasteiger partial charge is 0.422 e. The van der Waals surface area contributed by atoms with Gasteiger partial charge < -0.3 is 9.64 Å². The summed E-state index contributed by atoms with van der Waals surface area (Å²) >= 11 is 0. The molecular weight excluding hydrogens is 305 g/mol. The lowest BCUT2D eigenvalue weighted by Crippen LogP contribution is -2.32. The first-order valence-corrected chi connectivity index (χ1v) is 6.38. The predicted molar refractivity (Wildman–Crippen MR) is 70.4 cm³/mol. The van der Waals surface area contributed by atoms with Crippen LogP contribution in [-0.4, -0.2) is 53.1 Å². The van der Waals surface area contributed by atoms with Gasteiger partial charge in [0.25, 0.3) is 6.54 Å². The standard InChI is InChI=1S/C12H13F3N4O3/c13-12(14,15)8-22-11-2-1-9(5-17-11)6-18-4-3-16-10(18)7-19(20)21/h1-2,5H,3-4,6-8H2. The van der Waals surface area contributed by atoms with Gasteiger partial charge in [0.15, 0.2) is 12.4 Å². The van der Waals surface area contributed by atoms with Crippen molar-refractivity contribution in [2.75, 3.05) is 26.2 Å². The number of nitrogens with zero attached hydrogens (tertiary/aromatic N) is 4. The summed E-state index contributed by atoms with van der Waals surface area (Å²) in [5, 5.41) is 10.5. The van der Waals surface area contributed by atoms with Gasteiger partial charge in [0, 0.05) is 30.3 Å². The topological polar surface area (TPSA) is 80.9 Å². The molecule has 120 valence electrons. The van der Waals surface area contributed by atoms with E-state index in [1.165, 1.54) is 12.3 Å². The fraction of sp³-hybridized carbons (Fsp3) is 0.500. The number of aliphatic imine (C=N–C) groups is 1. The number of nitro groups is 1. The summed E-state index contributed by atoms with van der Waals surface area (Å²) in [6, 6.07) is 2.91. The molecule has 0 aliphatic carbocycles. The Labute approximate surface area is 123 Å². The summed E-state index contributed by atoms with van der Waals surface area (Å²) in [5.74, 6) is 0.268. The minimum Gasteiger partial charge on any atom is -0.468 e. The number of halogens is 3. The molecule has 7 nitrogen and oxygen atoms in total. The van der Waals surface area contributed by atoms with Crippen LogP contribution in [0.25, 0.3) is 0 Å². The van der Waals surface area contributed by atoms with Crippen LogP contribution in [0.3, 0.4) is 0 Å². The van der Waals surface area contributed by atoms with Crippen molar-refractivity contribution in [1.82, 2.24) is 9.88 Å². The number of amidine groups is 1. The molecule has 0 saturated heterocycles. The Morgan fingerprint density at radius 1 is 1.41 bits per heavy atom. The van der Waals surface area contributed by atoms with Crippen molar-refractivity contribution < 1.29 is 22.8 Å². The van der Waals surface area contributed by atoms with Crippen LogP contribution in [0.4, 0.5) is 13.2 Å². The molecule has 10 heteroatoms. The maximum Gasteiger partial charge on any atom is 0.422 e. The van der Waals surface area contributed by atoms with Crippen LogP contribution in [0.1, 0.15) is 5.56 Å². The molecule has 0 spiro atoms. The van der Waals surface area contributed by atoms with Crippen LogP contribution < -0.4 is 4.74 Å². The second-order valence-corrected chi connectivity index (χ2v) is 4.62. The third-order valence-corrected chi connectivity index (χ3v) is 2.85. The van der Waals surface area contributed by atoms with E-state index in [-0.39, 0.29) is 12.4 Å². The number of aromatic nitrogens is 1. The molecule has 2 rings (SSSR count). The Bertz CT molecular complexity index is 560. The molecule has 0 radical (unpaired) electrons. The normalized spacial score (nSPS) is 14.9. The van der Waals surface area contributed by atoms with E-state index in [4.69, 9.17) is 0 Å². The Morgan fingerprint density at radius 2 is 2.18 bits per heavy atom. The molecule has 22 heavy (non-hydrogen) atoms. The average Bonchev–Trinajstić information content (AvgIpc) is 2.83. The van der Waals surface area contributed by atoms with Gasteiger partial charge in [0.05, 0.1) is 6.54 Å². The van der Waals surface area contributed by atoms with Gasteiger partial charge in [-0.25, -0.2) is 4.98 Å². The molecule has 0 aromatic carbocycles.